The molecule has 0 atom stereocenters. The molecule has 4 nitrogen and oxygen atoms in total. The van der Waals surface area contributed by atoms with Crippen molar-refractivity contribution in [1.29, 1.82) is 0 Å². The van der Waals surface area contributed by atoms with Crippen LogP contribution >= 0.6 is 0 Å². The fraction of sp³-hybridized carbons (Fsp3) is 0.0476. The number of hydrogen-bond donors (Lipinski definition) is 1. The molecule has 122 valence electrons. The average molecular weight is 327 g/mol. The lowest BCUT2D eigenvalue weighted by molar-refractivity contribution is 0.469. The number of benzene rings is 3. The first-order valence-electron chi connectivity index (χ1n) is 8.09. The summed E-state index contributed by atoms with van der Waals surface area (Å²) < 4.78 is 0. The number of aryl methyl sites for hydroxylation is 1. The zero-order valence-electron chi connectivity index (χ0n) is 13.8. The summed E-state index contributed by atoms with van der Waals surface area (Å²) >= 11 is 0. The second kappa shape index (κ2) is 6.24. The van der Waals surface area contributed by atoms with Gasteiger partial charge in [-0.15, -0.1) is 4.80 Å². The van der Waals surface area contributed by atoms with E-state index < -0.39 is 0 Å². The molecule has 0 bridgehead atoms. The van der Waals surface area contributed by atoms with Gasteiger partial charge in [0.05, 0.1) is 12.4 Å². The number of rotatable bonds is 3. The van der Waals surface area contributed by atoms with Crippen molar-refractivity contribution in [3.05, 3.63) is 84.7 Å². The maximum Gasteiger partial charge on any atom is 0.150 e. The number of aromatic hydroxyl groups is 1. The molecular formula is C21H17N3O. The first kappa shape index (κ1) is 15.1. The summed E-state index contributed by atoms with van der Waals surface area (Å²) in [6.07, 6.45) is 3.19. The molecule has 0 unspecified atom stereocenters. The maximum atomic E-state index is 10.9. The van der Waals surface area contributed by atoms with Gasteiger partial charge in [-0.05, 0) is 41.3 Å². The Morgan fingerprint density at radius 2 is 1.40 bits per heavy atom. The topological polar surface area (TPSA) is 50.9 Å². The van der Waals surface area contributed by atoms with Gasteiger partial charge < -0.3 is 5.11 Å². The molecule has 0 amide bonds. The summed E-state index contributed by atoms with van der Waals surface area (Å²) in [4.78, 5) is 1.44. The van der Waals surface area contributed by atoms with Crippen LogP contribution in [0.25, 0.3) is 27.9 Å². The number of phenols is 1. The monoisotopic (exact) mass is 327 g/mol. The Morgan fingerprint density at radius 1 is 0.760 bits per heavy atom. The summed E-state index contributed by atoms with van der Waals surface area (Å²) in [7, 11) is 0. The summed E-state index contributed by atoms with van der Waals surface area (Å²) in [6.45, 7) is 2.00. The molecule has 0 saturated heterocycles. The molecule has 0 aliphatic rings. The zero-order chi connectivity index (χ0) is 17.2. The van der Waals surface area contributed by atoms with Gasteiger partial charge in [0.15, 0.2) is 5.75 Å². The van der Waals surface area contributed by atoms with E-state index in [1.807, 2.05) is 55.5 Å². The van der Waals surface area contributed by atoms with Crippen molar-refractivity contribution < 1.29 is 5.11 Å². The lowest BCUT2D eigenvalue weighted by Gasteiger charge is -2.15. The van der Waals surface area contributed by atoms with Crippen LogP contribution in [0.3, 0.4) is 0 Å². The van der Waals surface area contributed by atoms with Crippen molar-refractivity contribution in [2.75, 3.05) is 0 Å². The Hall–Kier alpha value is -3.40. The van der Waals surface area contributed by atoms with Gasteiger partial charge >= 0.3 is 0 Å². The van der Waals surface area contributed by atoms with Gasteiger partial charge in [0.1, 0.15) is 5.69 Å². The smallest absolute Gasteiger partial charge is 0.150 e. The molecular weight excluding hydrogens is 310 g/mol. The van der Waals surface area contributed by atoms with E-state index >= 15 is 0 Å². The maximum absolute atomic E-state index is 10.9. The highest BCUT2D eigenvalue weighted by molar-refractivity contribution is 5.87. The van der Waals surface area contributed by atoms with Crippen LogP contribution in [0.2, 0.25) is 0 Å². The highest BCUT2D eigenvalue weighted by Gasteiger charge is 2.16. The van der Waals surface area contributed by atoms with Crippen LogP contribution in [0.4, 0.5) is 0 Å². The van der Waals surface area contributed by atoms with Crippen molar-refractivity contribution in [1.82, 2.24) is 15.0 Å². The number of phenolic OH excluding ortho intramolecular Hbond substituents is 1. The van der Waals surface area contributed by atoms with Gasteiger partial charge in [-0.25, -0.2) is 0 Å². The van der Waals surface area contributed by atoms with E-state index in [-0.39, 0.29) is 5.75 Å². The van der Waals surface area contributed by atoms with E-state index in [4.69, 9.17) is 0 Å². The van der Waals surface area contributed by atoms with Crippen LogP contribution in [0.5, 0.6) is 5.75 Å². The van der Waals surface area contributed by atoms with Crippen LogP contribution in [-0.2, 0) is 0 Å². The Balaban J connectivity index is 1.95. The van der Waals surface area contributed by atoms with Crippen molar-refractivity contribution in [3.8, 4) is 33.7 Å². The second-order valence-corrected chi connectivity index (χ2v) is 5.91. The van der Waals surface area contributed by atoms with Gasteiger partial charge in [0.2, 0.25) is 0 Å². The third kappa shape index (κ3) is 2.78. The van der Waals surface area contributed by atoms with Crippen molar-refractivity contribution in [2.24, 2.45) is 0 Å². The molecule has 0 aliphatic carbocycles. The third-order valence-corrected chi connectivity index (χ3v) is 4.17. The highest BCUT2D eigenvalue weighted by Crippen LogP contribution is 2.40. The fourth-order valence-electron chi connectivity index (χ4n) is 3.05. The molecule has 0 aliphatic heterocycles. The lowest BCUT2D eigenvalue weighted by atomic mass is 9.93. The van der Waals surface area contributed by atoms with E-state index in [9.17, 15) is 5.11 Å². The SMILES string of the molecule is Cc1cc(-c2ccccc2-c2ccccc2)c(O)c(-n2nccn2)c1. The first-order valence-corrected chi connectivity index (χ1v) is 8.09. The Labute approximate surface area is 146 Å². The highest BCUT2D eigenvalue weighted by atomic mass is 16.3. The van der Waals surface area contributed by atoms with Crippen molar-refractivity contribution in [2.45, 2.75) is 6.92 Å². The van der Waals surface area contributed by atoms with Crippen LogP contribution in [0.15, 0.2) is 79.1 Å². The largest absolute Gasteiger partial charge is 0.505 e. The molecule has 25 heavy (non-hydrogen) atoms. The van der Waals surface area contributed by atoms with Gasteiger partial charge in [0, 0.05) is 5.56 Å². The molecule has 4 rings (SSSR count). The van der Waals surface area contributed by atoms with E-state index in [0.717, 1.165) is 27.8 Å². The van der Waals surface area contributed by atoms with Gasteiger partial charge in [-0.1, -0.05) is 54.6 Å². The second-order valence-electron chi connectivity index (χ2n) is 5.91. The molecule has 4 heteroatoms. The van der Waals surface area contributed by atoms with Crippen LogP contribution in [-0.4, -0.2) is 20.1 Å². The van der Waals surface area contributed by atoms with Crippen molar-refractivity contribution >= 4 is 0 Å². The molecule has 1 aromatic heterocycles. The molecule has 1 heterocycles. The molecule has 0 spiro atoms. The molecule has 1 N–H and O–H groups in total. The molecule has 0 radical (unpaired) electrons. The molecule has 0 fully saturated rings. The lowest BCUT2D eigenvalue weighted by Crippen LogP contribution is -2.00. The average Bonchev–Trinajstić information content (AvgIpc) is 3.18. The molecule has 4 aromatic rings. The number of aromatic nitrogens is 3. The standard InChI is InChI=1S/C21H17N3O/c1-15-13-19(21(25)20(14-15)24-22-11-12-23-24)18-10-6-5-9-17(18)16-7-3-2-4-8-16/h2-14,25H,1H3. The Bertz CT molecular complexity index is 1010. The van der Waals surface area contributed by atoms with Gasteiger partial charge in [-0.3, -0.25) is 0 Å². The molecule has 0 saturated carbocycles. The Kier molecular flexibility index (Phi) is 3.78. The molecule has 3 aromatic carbocycles. The quantitative estimate of drug-likeness (QED) is 0.597. The van der Waals surface area contributed by atoms with Crippen LogP contribution in [0, 0.1) is 6.92 Å². The first-order chi connectivity index (χ1) is 12.2. The van der Waals surface area contributed by atoms with Crippen LogP contribution in [0.1, 0.15) is 5.56 Å². The van der Waals surface area contributed by atoms with E-state index in [1.165, 1.54) is 4.80 Å². The summed E-state index contributed by atoms with van der Waals surface area (Å²) in [6, 6.07) is 22.1. The third-order valence-electron chi connectivity index (χ3n) is 4.17. The van der Waals surface area contributed by atoms with E-state index in [1.54, 1.807) is 12.4 Å². The van der Waals surface area contributed by atoms with E-state index in [2.05, 4.69) is 28.4 Å². The predicted molar refractivity (Wildman–Crippen MR) is 98.6 cm³/mol. The number of hydrogen-bond acceptors (Lipinski definition) is 3. The zero-order valence-corrected chi connectivity index (χ0v) is 13.8. The van der Waals surface area contributed by atoms with Gasteiger partial charge in [-0.2, -0.15) is 10.2 Å². The van der Waals surface area contributed by atoms with E-state index in [0.29, 0.717) is 5.69 Å². The number of nitrogens with zero attached hydrogens (tertiary/aromatic N) is 3. The van der Waals surface area contributed by atoms with Gasteiger partial charge in [0.25, 0.3) is 0 Å². The minimum absolute atomic E-state index is 0.171. The summed E-state index contributed by atoms with van der Waals surface area (Å²) in [5.41, 5.74) is 5.53. The minimum Gasteiger partial charge on any atom is -0.505 e. The predicted octanol–water partition coefficient (Wildman–Crippen LogP) is 4.62. The minimum atomic E-state index is 0.171. The summed E-state index contributed by atoms with van der Waals surface area (Å²) in [5, 5.41) is 19.2. The normalized spacial score (nSPS) is 10.8. The van der Waals surface area contributed by atoms with Crippen molar-refractivity contribution in [3.63, 3.8) is 0 Å². The fourth-order valence-corrected chi connectivity index (χ4v) is 3.05. The van der Waals surface area contributed by atoms with Crippen LogP contribution < -0.4 is 0 Å². The summed E-state index contributed by atoms with van der Waals surface area (Å²) in [5.74, 6) is 0.171. The Morgan fingerprint density at radius 3 is 2.12 bits per heavy atom.